The van der Waals surface area contributed by atoms with Crippen molar-refractivity contribution in [1.29, 1.82) is 0 Å². The molecule has 0 aromatic heterocycles. The maximum absolute atomic E-state index is 12.5. The van der Waals surface area contributed by atoms with Gasteiger partial charge in [0.2, 0.25) is 0 Å². The summed E-state index contributed by atoms with van der Waals surface area (Å²) in [7, 11) is 1.48. The highest BCUT2D eigenvalue weighted by atomic mass is 35.5. The molecule has 0 heterocycles. The minimum atomic E-state index is -0.270. The minimum Gasteiger partial charge on any atom is -0.495 e. The molecular weight excluding hydrogens is 319 g/mol. The van der Waals surface area contributed by atoms with Gasteiger partial charge in [-0.3, -0.25) is 4.79 Å². The Hall–Kier alpha value is -1.22. The summed E-state index contributed by atoms with van der Waals surface area (Å²) in [6.45, 7) is 1.84. The van der Waals surface area contributed by atoms with Crippen molar-refractivity contribution in [3.63, 3.8) is 0 Å². The molecule has 20 heavy (non-hydrogen) atoms. The summed E-state index contributed by atoms with van der Waals surface area (Å²) in [6, 6.07) is 8.27. The topological polar surface area (TPSA) is 26.3 Å². The van der Waals surface area contributed by atoms with Gasteiger partial charge < -0.3 is 4.74 Å². The third kappa shape index (κ3) is 2.78. The molecule has 2 aromatic rings. The average molecular weight is 330 g/mol. The van der Waals surface area contributed by atoms with Gasteiger partial charge in [0.15, 0.2) is 5.78 Å². The highest BCUT2D eigenvalue weighted by Gasteiger charge is 2.19. The van der Waals surface area contributed by atoms with Gasteiger partial charge in [-0.2, -0.15) is 0 Å². The number of carbonyl (C=O) groups excluding carboxylic acids is 1. The number of halogens is 3. The molecule has 2 rings (SSSR count). The van der Waals surface area contributed by atoms with E-state index in [9.17, 15) is 4.79 Å². The Labute approximate surface area is 132 Å². The number of hydrogen-bond donors (Lipinski definition) is 0. The molecule has 0 fully saturated rings. The van der Waals surface area contributed by atoms with E-state index in [1.54, 1.807) is 12.1 Å². The van der Waals surface area contributed by atoms with Crippen molar-refractivity contribution in [2.45, 2.75) is 6.92 Å². The Morgan fingerprint density at radius 1 is 1.05 bits per heavy atom. The van der Waals surface area contributed by atoms with Crippen LogP contribution < -0.4 is 4.74 Å². The Morgan fingerprint density at radius 3 is 2.40 bits per heavy atom. The molecule has 0 saturated heterocycles. The largest absolute Gasteiger partial charge is 0.495 e. The van der Waals surface area contributed by atoms with Crippen LogP contribution in [0.1, 0.15) is 21.5 Å². The van der Waals surface area contributed by atoms with Gasteiger partial charge in [0.1, 0.15) is 5.75 Å². The standard InChI is InChI=1S/C15H11Cl3O2/c1-8-4-3-5-9(14(8)18)15(19)10-6-12(17)13(20-2)7-11(10)16/h3-7H,1-2H3. The third-order valence-electron chi connectivity index (χ3n) is 2.92. The van der Waals surface area contributed by atoms with Crippen LogP contribution in [0.3, 0.4) is 0 Å². The summed E-state index contributed by atoms with van der Waals surface area (Å²) in [5, 5.41) is 1.01. The summed E-state index contributed by atoms with van der Waals surface area (Å²) >= 11 is 18.3. The smallest absolute Gasteiger partial charge is 0.196 e. The molecule has 0 unspecified atom stereocenters. The van der Waals surface area contributed by atoms with Crippen LogP contribution in [0.5, 0.6) is 5.75 Å². The molecular formula is C15H11Cl3O2. The maximum Gasteiger partial charge on any atom is 0.196 e. The second-order valence-electron chi connectivity index (χ2n) is 4.23. The molecule has 0 saturated carbocycles. The average Bonchev–Trinajstić information content (AvgIpc) is 2.43. The number of aryl methyl sites for hydroxylation is 1. The number of ketones is 1. The lowest BCUT2D eigenvalue weighted by atomic mass is 10.0. The molecule has 0 aliphatic carbocycles. The fraction of sp³-hybridized carbons (Fsp3) is 0.133. The lowest BCUT2D eigenvalue weighted by Gasteiger charge is -2.10. The van der Waals surface area contributed by atoms with Crippen LogP contribution in [-0.2, 0) is 0 Å². The van der Waals surface area contributed by atoms with Crippen molar-refractivity contribution in [3.05, 3.63) is 62.1 Å². The quantitative estimate of drug-likeness (QED) is 0.724. The molecule has 0 atom stereocenters. The van der Waals surface area contributed by atoms with Crippen LogP contribution in [0, 0.1) is 6.92 Å². The molecule has 5 heteroatoms. The summed E-state index contributed by atoms with van der Waals surface area (Å²) in [5.41, 5.74) is 1.52. The number of hydrogen-bond acceptors (Lipinski definition) is 2. The van der Waals surface area contributed by atoms with E-state index >= 15 is 0 Å². The normalized spacial score (nSPS) is 10.4. The predicted octanol–water partition coefficient (Wildman–Crippen LogP) is 5.19. The summed E-state index contributed by atoms with van der Waals surface area (Å²) < 4.78 is 5.06. The number of rotatable bonds is 3. The number of carbonyl (C=O) groups is 1. The first-order valence-electron chi connectivity index (χ1n) is 5.78. The van der Waals surface area contributed by atoms with E-state index in [4.69, 9.17) is 39.5 Å². The summed E-state index contributed by atoms with van der Waals surface area (Å²) in [6.07, 6.45) is 0. The van der Waals surface area contributed by atoms with Gasteiger partial charge in [-0.1, -0.05) is 46.9 Å². The molecule has 0 bridgehead atoms. The van der Waals surface area contributed by atoms with Gasteiger partial charge in [-0.15, -0.1) is 0 Å². The molecule has 0 N–H and O–H groups in total. The van der Waals surface area contributed by atoms with E-state index in [1.807, 2.05) is 13.0 Å². The van der Waals surface area contributed by atoms with Crippen molar-refractivity contribution in [2.24, 2.45) is 0 Å². The maximum atomic E-state index is 12.5. The second-order valence-corrected chi connectivity index (χ2v) is 5.42. The minimum absolute atomic E-state index is 0.270. The number of benzene rings is 2. The lowest BCUT2D eigenvalue weighted by molar-refractivity contribution is 0.103. The molecule has 0 amide bonds. The number of methoxy groups -OCH3 is 1. The lowest BCUT2D eigenvalue weighted by Crippen LogP contribution is -2.04. The van der Waals surface area contributed by atoms with Gasteiger partial charge in [0.05, 0.1) is 22.2 Å². The Kier molecular flexibility index (Phi) is 4.59. The van der Waals surface area contributed by atoms with Crippen LogP contribution in [0.15, 0.2) is 30.3 Å². The molecule has 0 aliphatic heterocycles. The first kappa shape index (κ1) is 15.2. The molecule has 2 nitrogen and oxygen atoms in total. The van der Waals surface area contributed by atoms with Gasteiger partial charge in [0.25, 0.3) is 0 Å². The van der Waals surface area contributed by atoms with Crippen LogP contribution in [-0.4, -0.2) is 12.9 Å². The van der Waals surface area contributed by atoms with Crippen molar-refractivity contribution < 1.29 is 9.53 Å². The molecule has 104 valence electrons. The summed E-state index contributed by atoms with van der Waals surface area (Å²) in [5.74, 6) is 0.150. The van der Waals surface area contributed by atoms with E-state index < -0.39 is 0 Å². The van der Waals surface area contributed by atoms with Gasteiger partial charge in [-0.05, 0) is 24.6 Å². The van der Waals surface area contributed by atoms with E-state index in [0.29, 0.717) is 26.9 Å². The van der Waals surface area contributed by atoms with Crippen LogP contribution in [0.25, 0.3) is 0 Å². The second kappa shape index (κ2) is 6.04. The van der Waals surface area contributed by atoms with Gasteiger partial charge in [-0.25, -0.2) is 0 Å². The Balaban J connectivity index is 2.54. The zero-order valence-electron chi connectivity index (χ0n) is 10.8. The first-order valence-corrected chi connectivity index (χ1v) is 6.92. The zero-order chi connectivity index (χ0) is 14.9. The predicted molar refractivity (Wildman–Crippen MR) is 82.6 cm³/mol. The molecule has 2 aromatic carbocycles. The SMILES string of the molecule is COc1cc(Cl)c(C(=O)c2cccc(C)c2Cl)cc1Cl. The Morgan fingerprint density at radius 2 is 1.75 bits per heavy atom. The molecule has 0 aliphatic rings. The van der Waals surface area contributed by atoms with Gasteiger partial charge in [0, 0.05) is 17.2 Å². The van der Waals surface area contributed by atoms with Crippen LogP contribution in [0.2, 0.25) is 15.1 Å². The van der Waals surface area contributed by atoms with E-state index in [2.05, 4.69) is 0 Å². The van der Waals surface area contributed by atoms with Crippen molar-refractivity contribution >= 4 is 40.6 Å². The van der Waals surface area contributed by atoms with Crippen molar-refractivity contribution in [1.82, 2.24) is 0 Å². The van der Waals surface area contributed by atoms with Gasteiger partial charge >= 0.3 is 0 Å². The Bertz CT molecular complexity index is 681. The fourth-order valence-electron chi connectivity index (χ4n) is 1.83. The van der Waals surface area contributed by atoms with Crippen LogP contribution >= 0.6 is 34.8 Å². The molecule has 0 radical (unpaired) electrons. The highest BCUT2D eigenvalue weighted by Crippen LogP contribution is 2.33. The van der Waals surface area contributed by atoms with Crippen molar-refractivity contribution in [3.8, 4) is 5.75 Å². The fourth-order valence-corrected chi connectivity index (χ4v) is 2.52. The summed E-state index contributed by atoms with van der Waals surface area (Å²) in [4.78, 5) is 12.5. The van der Waals surface area contributed by atoms with Crippen LogP contribution in [0.4, 0.5) is 0 Å². The van der Waals surface area contributed by atoms with E-state index in [1.165, 1.54) is 19.2 Å². The third-order valence-corrected chi connectivity index (χ3v) is 4.03. The highest BCUT2D eigenvalue weighted by molar-refractivity contribution is 6.40. The van der Waals surface area contributed by atoms with E-state index in [0.717, 1.165) is 5.56 Å². The molecule has 0 spiro atoms. The van der Waals surface area contributed by atoms with Crippen molar-refractivity contribution in [2.75, 3.05) is 7.11 Å². The zero-order valence-corrected chi connectivity index (χ0v) is 13.1. The monoisotopic (exact) mass is 328 g/mol. The van der Waals surface area contributed by atoms with E-state index in [-0.39, 0.29) is 10.8 Å². The number of ether oxygens (including phenoxy) is 1. The first-order chi connectivity index (χ1) is 9.45.